The van der Waals surface area contributed by atoms with Crippen molar-refractivity contribution in [2.24, 2.45) is 0 Å². The average molecular weight is 1510 g/mol. The summed E-state index contributed by atoms with van der Waals surface area (Å²) in [5.41, 5.74) is -0.495. The molecule has 0 aliphatic rings. The fourth-order valence-corrected chi connectivity index (χ4v) is 12.0. The molecule has 3 aromatic carbocycles. The van der Waals surface area contributed by atoms with E-state index in [1.165, 1.54) is 92.0 Å². The van der Waals surface area contributed by atoms with Crippen molar-refractivity contribution in [1.29, 1.82) is 5.41 Å². The van der Waals surface area contributed by atoms with Gasteiger partial charge >= 0.3 is 0 Å². The molecule has 82 heavy (non-hydrogen) atoms. The Morgan fingerprint density at radius 3 is 1.21 bits per heavy atom. The lowest BCUT2D eigenvalue weighted by Crippen LogP contribution is -2.55. The smallest absolute Gasteiger partial charge is 0.256 e. The molecule has 4 amide bonds. The van der Waals surface area contributed by atoms with E-state index < -0.39 is 207 Å². The third-order valence-corrected chi connectivity index (χ3v) is 15.7. The number of carbonyl (C=O) groups is 4. The van der Waals surface area contributed by atoms with E-state index in [-0.39, 0.29) is 18.6 Å². The van der Waals surface area contributed by atoms with Crippen LogP contribution in [-0.4, -0.2) is 292 Å². The molecule has 0 aromatic heterocycles. The Labute approximate surface area is 508 Å². The second-order valence-electron chi connectivity index (χ2n) is 18.8. The van der Waals surface area contributed by atoms with Crippen molar-refractivity contribution in [2.45, 2.75) is 111 Å². The Kier molecular flexibility index (Phi) is 30.1. The van der Waals surface area contributed by atoms with E-state index in [1.807, 2.05) is 0 Å². The summed E-state index contributed by atoms with van der Waals surface area (Å²) in [6.45, 7) is -7.67. The van der Waals surface area contributed by atoms with Gasteiger partial charge in [-0.05, 0) is 99.0 Å². The molecule has 0 radical (unpaired) electrons. The molecular formula is C49H68I3N5O25. The maximum absolute atomic E-state index is 15.2. The van der Waals surface area contributed by atoms with Crippen LogP contribution in [0.4, 0.5) is 11.4 Å². The lowest BCUT2D eigenvalue weighted by molar-refractivity contribution is -0.127. The second kappa shape index (κ2) is 33.9. The number of benzene rings is 3. The van der Waals surface area contributed by atoms with E-state index >= 15 is 9.59 Å². The highest BCUT2D eigenvalue weighted by Crippen LogP contribution is 2.38. The van der Waals surface area contributed by atoms with Crippen LogP contribution in [0.5, 0.6) is 5.75 Å². The normalized spacial score (nSPS) is 17.7. The first-order chi connectivity index (χ1) is 38.4. The van der Waals surface area contributed by atoms with Crippen LogP contribution in [0, 0.1) is 23.0 Å². The highest BCUT2D eigenvalue weighted by molar-refractivity contribution is 14.1. The van der Waals surface area contributed by atoms with Gasteiger partial charge in [0, 0.05) is 47.1 Å². The minimum Gasteiger partial charge on any atom is -0.443 e. The largest absolute Gasteiger partial charge is 0.443 e. The monoisotopic (exact) mass is 1510 g/mol. The molecule has 0 saturated heterocycles. The van der Waals surface area contributed by atoms with Gasteiger partial charge in [0.05, 0.1) is 50.4 Å². The van der Waals surface area contributed by atoms with Gasteiger partial charge in [-0.25, -0.2) is 0 Å². The first-order valence-corrected chi connectivity index (χ1v) is 27.8. The molecular weight excluding hydrogens is 1440 g/mol. The number of amides is 4. The summed E-state index contributed by atoms with van der Waals surface area (Å²) in [5.74, 6) is -5.20. The molecule has 0 bridgehead atoms. The van der Waals surface area contributed by atoms with Crippen LogP contribution in [0.25, 0.3) is 0 Å². The molecule has 0 spiro atoms. The maximum Gasteiger partial charge on any atom is 0.256 e. The summed E-state index contributed by atoms with van der Waals surface area (Å²) in [4.78, 5) is 58.2. The SMILES string of the molecule is Cc1cccc(C(=O)Nc2cccc(OC(=N)CC(=O)Nc3c(I)c(C(=O)N(CC(O)C(O)C(O)C(O)CO)CC(O)C(O)C(O)C(O)CO)c(I)c(C(=O)N(CC(O)C(O)C(O)C(O)CO)CC(O)C(O)C(O)C(O)CO)c3I)c2)c1. The summed E-state index contributed by atoms with van der Waals surface area (Å²) >= 11 is 4.43. The molecule has 23 N–H and O–H groups in total. The van der Waals surface area contributed by atoms with Gasteiger partial charge in [-0.15, -0.1) is 0 Å². The zero-order valence-corrected chi connectivity index (χ0v) is 49.7. The minimum atomic E-state index is -2.41. The van der Waals surface area contributed by atoms with Crippen molar-refractivity contribution in [2.75, 3.05) is 63.2 Å². The molecule has 30 nitrogen and oxygen atoms in total. The number of rotatable bonds is 32. The van der Waals surface area contributed by atoms with Gasteiger partial charge in [0.25, 0.3) is 17.7 Å². The number of aliphatic hydroxyl groups is 20. The van der Waals surface area contributed by atoms with E-state index in [0.29, 0.717) is 15.4 Å². The first kappa shape index (κ1) is 72.7. The van der Waals surface area contributed by atoms with Crippen LogP contribution in [0.1, 0.15) is 43.1 Å². The summed E-state index contributed by atoms with van der Waals surface area (Å²) < 4.78 is 4.46. The summed E-state index contributed by atoms with van der Waals surface area (Å²) in [5, 5.41) is 221. The zero-order valence-electron chi connectivity index (χ0n) is 43.2. The Morgan fingerprint density at radius 1 is 0.500 bits per heavy atom. The van der Waals surface area contributed by atoms with Gasteiger partial charge in [-0.3, -0.25) is 24.6 Å². The second-order valence-corrected chi connectivity index (χ2v) is 22.0. The van der Waals surface area contributed by atoms with Crippen LogP contribution in [0.2, 0.25) is 0 Å². The lowest BCUT2D eigenvalue weighted by Gasteiger charge is -2.35. The van der Waals surface area contributed by atoms with Crippen LogP contribution < -0.4 is 15.4 Å². The molecule has 16 unspecified atom stereocenters. The number of carbonyl (C=O) groups excluding carboxylic acids is 4. The summed E-state index contributed by atoms with van der Waals surface area (Å²) in [7, 11) is 0. The molecule has 3 aromatic rings. The molecule has 0 heterocycles. The van der Waals surface area contributed by atoms with Gasteiger partial charge < -0.3 is 127 Å². The topological polar surface area (TPSA) is 537 Å². The van der Waals surface area contributed by atoms with Crippen molar-refractivity contribution in [3.63, 3.8) is 0 Å². The van der Waals surface area contributed by atoms with Crippen molar-refractivity contribution in [3.8, 4) is 5.75 Å². The van der Waals surface area contributed by atoms with Gasteiger partial charge in [-0.1, -0.05) is 23.8 Å². The van der Waals surface area contributed by atoms with E-state index in [4.69, 9.17) is 10.1 Å². The predicted molar refractivity (Wildman–Crippen MR) is 308 cm³/mol. The third kappa shape index (κ3) is 19.7. The zero-order chi connectivity index (χ0) is 62.2. The molecule has 3 rings (SSSR count). The number of hydrogen-bond acceptors (Lipinski definition) is 26. The summed E-state index contributed by atoms with van der Waals surface area (Å²) in [6.07, 6.45) is -37.5. The van der Waals surface area contributed by atoms with Crippen molar-refractivity contribution in [1.82, 2.24) is 9.80 Å². The highest BCUT2D eigenvalue weighted by atomic mass is 127. The van der Waals surface area contributed by atoms with Crippen LogP contribution in [0.3, 0.4) is 0 Å². The number of nitrogens with one attached hydrogen (secondary N) is 3. The van der Waals surface area contributed by atoms with Gasteiger partial charge in [-0.2, -0.15) is 0 Å². The summed E-state index contributed by atoms with van der Waals surface area (Å²) in [6, 6.07) is 12.4. The Hall–Kier alpha value is -3.60. The first-order valence-electron chi connectivity index (χ1n) is 24.5. The molecule has 0 aliphatic carbocycles. The Morgan fingerprint density at radius 2 is 0.854 bits per heavy atom. The number of halogens is 3. The number of aryl methyl sites for hydroxylation is 1. The molecule has 0 saturated carbocycles. The quantitative estimate of drug-likeness (QED) is 0.0157. The highest BCUT2D eigenvalue weighted by Gasteiger charge is 2.41. The van der Waals surface area contributed by atoms with Gasteiger partial charge in [0.1, 0.15) is 110 Å². The van der Waals surface area contributed by atoms with Crippen molar-refractivity contribution >= 4 is 109 Å². The third-order valence-electron chi connectivity index (χ3n) is 12.4. The van der Waals surface area contributed by atoms with E-state index in [9.17, 15) is 112 Å². The van der Waals surface area contributed by atoms with Crippen LogP contribution >= 0.6 is 67.8 Å². The molecule has 16 atom stereocenters. The number of hydrogen-bond donors (Lipinski definition) is 23. The molecule has 33 heteroatoms. The van der Waals surface area contributed by atoms with Crippen LogP contribution in [-0.2, 0) is 4.79 Å². The number of anilines is 2. The predicted octanol–water partition coefficient (Wildman–Crippen LogP) is -6.93. The minimum absolute atomic E-state index is 0.0352. The molecule has 0 aliphatic heterocycles. The fraction of sp³-hybridized carbons (Fsp3) is 0.531. The Balaban J connectivity index is 2.31. The Bertz CT molecular complexity index is 2450. The van der Waals surface area contributed by atoms with Gasteiger partial charge in [0.2, 0.25) is 5.91 Å². The number of aliphatic hydroxyl groups excluding tert-OH is 20. The van der Waals surface area contributed by atoms with Crippen molar-refractivity contribution < 1.29 is 126 Å². The van der Waals surface area contributed by atoms with E-state index in [0.717, 1.165) is 5.56 Å². The van der Waals surface area contributed by atoms with Gasteiger partial charge in [0.15, 0.2) is 5.90 Å². The lowest BCUT2D eigenvalue weighted by atomic mass is 9.99. The van der Waals surface area contributed by atoms with Crippen LogP contribution in [0.15, 0.2) is 48.5 Å². The standard InChI is InChI=1S/C49H68I3N5O25/c1-19-4-2-5-20(8-19)47(79)54-21-6-3-7-22(9-21)82-31(53)10-32(70)55-38-36(51)33(48(80)56(11-23(62)39(71)43(75)27(66)15-58)12-24(63)40(72)44(76)28(67)16-59)35(50)34(37(38)52)49(81)57(13-25(64)41(73)45(77)29(68)17-60)14-26(65)42(74)46(78)30(69)18-61/h2-9,23-30,39-46,53,58-69,71-78H,10-18H2,1H3,(H,54,79)(H,55,70). The molecule has 460 valence electrons. The molecule has 0 fully saturated rings. The maximum atomic E-state index is 15.2. The number of nitrogens with zero attached hydrogens (tertiary/aromatic N) is 2. The fourth-order valence-electron chi connectivity index (χ4n) is 7.67. The van der Waals surface area contributed by atoms with E-state index in [2.05, 4.69) is 10.6 Å². The van der Waals surface area contributed by atoms with E-state index in [1.54, 1.807) is 31.2 Å². The van der Waals surface area contributed by atoms with Crippen molar-refractivity contribution in [3.05, 3.63) is 81.5 Å². The number of ether oxygens (including phenoxy) is 1. The average Bonchev–Trinajstić information content (AvgIpc) is 3.44.